The van der Waals surface area contributed by atoms with Gasteiger partial charge in [-0.05, 0) is 49.4 Å². The van der Waals surface area contributed by atoms with Crippen molar-refractivity contribution in [3.05, 3.63) is 58.9 Å². The minimum atomic E-state index is 0. The zero-order valence-corrected chi connectivity index (χ0v) is 14.8. The topological polar surface area (TPSA) is 50.2 Å². The molecule has 0 aromatic carbocycles. The summed E-state index contributed by atoms with van der Waals surface area (Å²) in [6, 6.07) is 6.17. The molecule has 0 fully saturated rings. The molecular formula is C19H22ClN3O. The van der Waals surface area contributed by atoms with E-state index in [1.54, 1.807) is 6.33 Å². The van der Waals surface area contributed by atoms with E-state index in [1.165, 1.54) is 16.6 Å². The summed E-state index contributed by atoms with van der Waals surface area (Å²) in [6.07, 6.45) is 7.34. The van der Waals surface area contributed by atoms with Crippen molar-refractivity contribution in [3.8, 4) is 0 Å². The average molecular weight is 344 g/mol. The van der Waals surface area contributed by atoms with Gasteiger partial charge in [0.05, 0.1) is 17.7 Å². The van der Waals surface area contributed by atoms with Gasteiger partial charge in [0, 0.05) is 29.7 Å². The molecule has 0 amide bonds. The number of Topliss-reactive ketones (excluding diaryl/α,β-unsaturated/α-hetero) is 1. The molecule has 4 nitrogen and oxygen atoms in total. The van der Waals surface area contributed by atoms with Gasteiger partial charge in [0.2, 0.25) is 0 Å². The van der Waals surface area contributed by atoms with Gasteiger partial charge in [-0.25, -0.2) is 4.98 Å². The quantitative estimate of drug-likeness (QED) is 0.783. The highest BCUT2D eigenvalue weighted by molar-refractivity contribution is 6.01. The largest absolute Gasteiger partial charge is 0.348 e. The zero-order valence-electron chi connectivity index (χ0n) is 14.0. The minimum absolute atomic E-state index is 0. The summed E-state index contributed by atoms with van der Waals surface area (Å²) < 4.78 is 2.10. The van der Waals surface area contributed by atoms with Crippen LogP contribution >= 0.6 is 12.4 Å². The molecule has 1 unspecified atom stereocenters. The number of halogens is 1. The van der Waals surface area contributed by atoms with E-state index in [0.29, 0.717) is 0 Å². The molecule has 0 bridgehead atoms. The van der Waals surface area contributed by atoms with Crippen LogP contribution < -0.4 is 0 Å². The van der Waals surface area contributed by atoms with E-state index < -0.39 is 0 Å². The number of aromatic nitrogens is 3. The number of imidazole rings is 1. The van der Waals surface area contributed by atoms with Crippen LogP contribution in [0, 0.1) is 12.8 Å². The lowest BCUT2D eigenvalue weighted by atomic mass is 9.82. The van der Waals surface area contributed by atoms with Crippen LogP contribution in [-0.4, -0.2) is 20.2 Å². The highest BCUT2D eigenvalue weighted by Crippen LogP contribution is 2.34. The van der Waals surface area contributed by atoms with Crippen molar-refractivity contribution < 1.29 is 4.79 Å². The van der Waals surface area contributed by atoms with Gasteiger partial charge in [0.1, 0.15) is 0 Å². The Kier molecular flexibility index (Phi) is 4.50. The molecule has 4 rings (SSSR count). The van der Waals surface area contributed by atoms with E-state index in [4.69, 9.17) is 0 Å². The van der Waals surface area contributed by atoms with E-state index in [-0.39, 0.29) is 24.1 Å². The van der Waals surface area contributed by atoms with E-state index in [2.05, 4.69) is 33.4 Å². The normalized spacial score (nSPS) is 16.9. The first-order valence-corrected chi connectivity index (χ1v) is 8.34. The maximum Gasteiger partial charge on any atom is 0.183 e. The van der Waals surface area contributed by atoms with Crippen molar-refractivity contribution in [2.24, 2.45) is 5.92 Å². The van der Waals surface area contributed by atoms with E-state index >= 15 is 0 Å². The summed E-state index contributed by atoms with van der Waals surface area (Å²) in [4.78, 5) is 20.6. The number of H-pyrrole nitrogens is 1. The second kappa shape index (κ2) is 6.44. The summed E-state index contributed by atoms with van der Waals surface area (Å²) in [5.41, 5.74) is 6.77. The van der Waals surface area contributed by atoms with Gasteiger partial charge in [-0.2, -0.15) is 0 Å². The number of aryl methyl sites for hydroxylation is 2. The minimum Gasteiger partial charge on any atom is -0.348 e. The molecule has 3 heterocycles. The molecule has 1 N–H and O–H groups in total. The number of fused-ring (bicyclic) bond motifs is 3. The van der Waals surface area contributed by atoms with E-state index in [1.807, 2.05) is 19.2 Å². The number of pyridine rings is 1. The molecule has 0 aliphatic heterocycles. The highest BCUT2D eigenvalue weighted by atomic mass is 35.5. The van der Waals surface area contributed by atoms with Gasteiger partial charge < -0.3 is 9.38 Å². The molecule has 0 radical (unpaired) electrons. The van der Waals surface area contributed by atoms with Gasteiger partial charge in [-0.15, -0.1) is 12.4 Å². The van der Waals surface area contributed by atoms with Crippen LogP contribution in [0.3, 0.4) is 0 Å². The predicted molar refractivity (Wildman–Crippen MR) is 97.2 cm³/mol. The van der Waals surface area contributed by atoms with Crippen molar-refractivity contribution >= 4 is 23.7 Å². The SMILES string of the molecule is CCc1c2c(n3ccccc13)C(=O)C(Cc1nc[nH]c1C)CC2.Cl. The number of nitrogens with zero attached hydrogens (tertiary/aromatic N) is 2. The van der Waals surface area contributed by atoms with Crippen LogP contribution in [0.5, 0.6) is 0 Å². The number of aromatic amines is 1. The van der Waals surface area contributed by atoms with Gasteiger partial charge in [0.25, 0.3) is 0 Å². The number of carbonyl (C=O) groups excluding carboxylic acids is 1. The lowest BCUT2D eigenvalue weighted by molar-refractivity contribution is 0.0894. The highest BCUT2D eigenvalue weighted by Gasteiger charge is 2.33. The Balaban J connectivity index is 0.00000169. The van der Waals surface area contributed by atoms with Crippen molar-refractivity contribution in [1.82, 2.24) is 14.4 Å². The molecule has 0 saturated carbocycles. The van der Waals surface area contributed by atoms with E-state index in [9.17, 15) is 4.79 Å². The van der Waals surface area contributed by atoms with Crippen LogP contribution in [-0.2, 0) is 19.3 Å². The van der Waals surface area contributed by atoms with Gasteiger partial charge >= 0.3 is 0 Å². The maximum absolute atomic E-state index is 13.1. The molecule has 1 atom stereocenters. The van der Waals surface area contributed by atoms with E-state index in [0.717, 1.165) is 42.8 Å². The predicted octanol–water partition coefficient (Wildman–Crippen LogP) is 3.94. The molecule has 3 aromatic heterocycles. The second-order valence-corrected chi connectivity index (χ2v) is 6.39. The summed E-state index contributed by atoms with van der Waals surface area (Å²) >= 11 is 0. The molecule has 126 valence electrons. The Hall–Kier alpha value is -2.07. The molecular weight excluding hydrogens is 322 g/mol. The Morgan fingerprint density at radius 3 is 2.92 bits per heavy atom. The number of hydrogen-bond acceptors (Lipinski definition) is 2. The molecule has 1 aliphatic rings. The first kappa shape index (κ1) is 16.8. The second-order valence-electron chi connectivity index (χ2n) is 6.39. The number of carbonyl (C=O) groups is 1. The Labute approximate surface area is 147 Å². The molecule has 0 spiro atoms. The summed E-state index contributed by atoms with van der Waals surface area (Å²) in [5.74, 6) is 0.307. The smallest absolute Gasteiger partial charge is 0.183 e. The van der Waals surface area contributed by atoms with Crippen LogP contribution in [0.4, 0.5) is 0 Å². The van der Waals surface area contributed by atoms with Crippen LogP contribution in [0.15, 0.2) is 30.7 Å². The van der Waals surface area contributed by atoms with Crippen molar-refractivity contribution in [2.45, 2.75) is 39.5 Å². The monoisotopic (exact) mass is 343 g/mol. The molecule has 3 aromatic rings. The Morgan fingerprint density at radius 1 is 1.38 bits per heavy atom. The third kappa shape index (κ3) is 2.46. The Morgan fingerprint density at radius 2 is 2.21 bits per heavy atom. The van der Waals surface area contributed by atoms with Crippen molar-refractivity contribution in [2.75, 3.05) is 0 Å². The van der Waals surface area contributed by atoms with Gasteiger partial charge in [-0.1, -0.05) is 13.0 Å². The molecule has 5 heteroatoms. The molecule has 1 aliphatic carbocycles. The number of rotatable bonds is 3. The first-order chi connectivity index (χ1) is 11.2. The molecule has 24 heavy (non-hydrogen) atoms. The fraction of sp³-hybridized carbons (Fsp3) is 0.368. The fourth-order valence-electron chi connectivity index (χ4n) is 3.92. The van der Waals surface area contributed by atoms with Crippen molar-refractivity contribution in [3.63, 3.8) is 0 Å². The van der Waals surface area contributed by atoms with Crippen LogP contribution in [0.2, 0.25) is 0 Å². The third-order valence-corrected chi connectivity index (χ3v) is 5.13. The zero-order chi connectivity index (χ0) is 16.0. The lowest BCUT2D eigenvalue weighted by Crippen LogP contribution is -2.26. The van der Waals surface area contributed by atoms with Crippen LogP contribution in [0.25, 0.3) is 5.52 Å². The summed E-state index contributed by atoms with van der Waals surface area (Å²) in [5, 5.41) is 0. The first-order valence-electron chi connectivity index (χ1n) is 8.34. The Bertz CT molecular complexity index is 893. The van der Waals surface area contributed by atoms with Gasteiger partial charge in [-0.3, -0.25) is 4.79 Å². The number of ketones is 1. The maximum atomic E-state index is 13.1. The van der Waals surface area contributed by atoms with Crippen molar-refractivity contribution in [1.29, 1.82) is 0 Å². The lowest BCUT2D eigenvalue weighted by Gasteiger charge is -2.21. The van der Waals surface area contributed by atoms with Crippen LogP contribution in [0.1, 0.15) is 46.3 Å². The number of nitrogens with one attached hydrogen (secondary N) is 1. The average Bonchev–Trinajstić information content (AvgIpc) is 3.11. The summed E-state index contributed by atoms with van der Waals surface area (Å²) in [6.45, 7) is 4.19. The molecule has 0 saturated heterocycles. The third-order valence-electron chi connectivity index (χ3n) is 5.13. The van der Waals surface area contributed by atoms with Gasteiger partial charge in [0.15, 0.2) is 5.78 Å². The number of hydrogen-bond donors (Lipinski definition) is 1. The fourth-order valence-corrected chi connectivity index (χ4v) is 3.92. The standard InChI is InChI=1S/C19H21N3O.ClH/c1-3-14-15-8-7-13(10-16-12(2)20-11-21-16)19(23)18(15)22-9-5-4-6-17(14)22;/h4-6,9,11,13H,3,7-8,10H2,1-2H3,(H,20,21);1H. The summed E-state index contributed by atoms with van der Waals surface area (Å²) in [7, 11) is 0.